The fourth-order valence-electron chi connectivity index (χ4n) is 4.09. The molecular formula is C28H43N3O6. The summed E-state index contributed by atoms with van der Waals surface area (Å²) in [7, 11) is 0. The second kappa shape index (κ2) is 13.4. The summed E-state index contributed by atoms with van der Waals surface area (Å²) in [6.45, 7) is 13.3. The van der Waals surface area contributed by atoms with Crippen LogP contribution in [0, 0.1) is 11.8 Å². The van der Waals surface area contributed by atoms with Crippen LogP contribution in [0.15, 0.2) is 30.3 Å². The summed E-state index contributed by atoms with van der Waals surface area (Å²) in [4.78, 5) is 53.4. The lowest BCUT2D eigenvalue weighted by molar-refractivity contribution is -0.151. The van der Waals surface area contributed by atoms with Crippen LogP contribution in [-0.2, 0) is 30.5 Å². The summed E-state index contributed by atoms with van der Waals surface area (Å²) < 4.78 is 10.9. The van der Waals surface area contributed by atoms with Crippen molar-refractivity contribution in [3.63, 3.8) is 0 Å². The largest absolute Gasteiger partial charge is 0.459 e. The molecule has 1 aromatic carbocycles. The van der Waals surface area contributed by atoms with Crippen LogP contribution in [0.1, 0.15) is 73.3 Å². The van der Waals surface area contributed by atoms with Crippen molar-refractivity contribution in [3.8, 4) is 0 Å². The molecule has 0 aliphatic carbocycles. The van der Waals surface area contributed by atoms with Crippen LogP contribution in [0.3, 0.4) is 0 Å². The number of esters is 1. The second-order valence-corrected chi connectivity index (χ2v) is 11.0. The van der Waals surface area contributed by atoms with Gasteiger partial charge in [-0.2, -0.15) is 0 Å². The minimum atomic E-state index is -0.887. The Bertz CT molecular complexity index is 928. The topological polar surface area (TPSA) is 114 Å². The van der Waals surface area contributed by atoms with Crippen molar-refractivity contribution in [2.75, 3.05) is 6.54 Å². The summed E-state index contributed by atoms with van der Waals surface area (Å²) in [5.41, 5.74) is 0.171. The molecule has 2 N–H and O–H groups in total. The molecule has 9 heteroatoms. The van der Waals surface area contributed by atoms with E-state index in [0.29, 0.717) is 25.8 Å². The van der Waals surface area contributed by atoms with Crippen molar-refractivity contribution in [3.05, 3.63) is 35.9 Å². The van der Waals surface area contributed by atoms with E-state index in [1.165, 1.54) is 4.90 Å². The summed E-state index contributed by atoms with van der Waals surface area (Å²) in [5, 5.41) is 5.63. The zero-order valence-corrected chi connectivity index (χ0v) is 23.2. The summed E-state index contributed by atoms with van der Waals surface area (Å²) in [5.74, 6) is -1.82. The van der Waals surface area contributed by atoms with E-state index in [0.717, 1.165) is 5.56 Å². The molecule has 2 rings (SSSR count). The Balaban J connectivity index is 2.08. The van der Waals surface area contributed by atoms with Crippen molar-refractivity contribution in [1.29, 1.82) is 0 Å². The molecule has 9 nitrogen and oxygen atoms in total. The van der Waals surface area contributed by atoms with Gasteiger partial charge in [-0.05, 0) is 51.0 Å². The number of nitrogens with zero attached hydrogens (tertiary/aromatic N) is 1. The Morgan fingerprint density at radius 3 is 2.24 bits per heavy atom. The van der Waals surface area contributed by atoms with Gasteiger partial charge in [0.25, 0.3) is 0 Å². The van der Waals surface area contributed by atoms with Crippen LogP contribution >= 0.6 is 0 Å². The third-order valence-corrected chi connectivity index (χ3v) is 6.42. The molecule has 0 aromatic heterocycles. The Labute approximate surface area is 220 Å². The van der Waals surface area contributed by atoms with Crippen molar-refractivity contribution < 1.29 is 28.7 Å². The number of carbonyl (C=O) groups is 4. The number of amides is 3. The van der Waals surface area contributed by atoms with Gasteiger partial charge in [-0.25, -0.2) is 9.59 Å². The lowest BCUT2D eigenvalue weighted by atomic mass is 9.97. The molecule has 37 heavy (non-hydrogen) atoms. The van der Waals surface area contributed by atoms with E-state index in [-0.39, 0.29) is 18.4 Å². The molecule has 3 amide bonds. The monoisotopic (exact) mass is 517 g/mol. The molecule has 1 aliphatic rings. The maximum atomic E-state index is 13.3. The number of nitrogens with one attached hydrogen (secondary N) is 2. The number of hydrogen-bond donors (Lipinski definition) is 2. The van der Waals surface area contributed by atoms with Crippen molar-refractivity contribution in [2.24, 2.45) is 11.8 Å². The zero-order valence-electron chi connectivity index (χ0n) is 23.2. The molecule has 1 aliphatic heterocycles. The van der Waals surface area contributed by atoms with Crippen molar-refractivity contribution in [2.45, 2.75) is 98.1 Å². The van der Waals surface area contributed by atoms with Crippen LogP contribution in [0.4, 0.5) is 4.79 Å². The first kappa shape index (κ1) is 30.1. The van der Waals surface area contributed by atoms with E-state index in [9.17, 15) is 19.2 Å². The van der Waals surface area contributed by atoms with E-state index in [4.69, 9.17) is 9.47 Å². The summed E-state index contributed by atoms with van der Waals surface area (Å²) in [6, 6.07) is 6.86. The maximum Gasteiger partial charge on any atom is 0.410 e. The number of ether oxygens (including phenoxy) is 2. The van der Waals surface area contributed by atoms with Gasteiger partial charge in [0.2, 0.25) is 11.8 Å². The van der Waals surface area contributed by atoms with E-state index >= 15 is 0 Å². The van der Waals surface area contributed by atoms with Gasteiger partial charge in [0, 0.05) is 6.54 Å². The van der Waals surface area contributed by atoms with E-state index in [2.05, 4.69) is 10.6 Å². The molecule has 1 aromatic rings. The Kier molecular flexibility index (Phi) is 10.9. The first-order valence-electron chi connectivity index (χ1n) is 13.1. The molecule has 0 bridgehead atoms. The average molecular weight is 518 g/mol. The number of likely N-dealkylation sites (tertiary alicyclic amines) is 1. The predicted octanol–water partition coefficient (Wildman–Crippen LogP) is 3.80. The third kappa shape index (κ3) is 9.05. The minimum absolute atomic E-state index is 0.106. The lowest BCUT2D eigenvalue weighted by Gasteiger charge is -2.30. The van der Waals surface area contributed by atoms with E-state index < -0.39 is 47.6 Å². The highest BCUT2D eigenvalue weighted by Crippen LogP contribution is 2.22. The van der Waals surface area contributed by atoms with Gasteiger partial charge in [0.15, 0.2) is 0 Å². The van der Waals surface area contributed by atoms with Gasteiger partial charge in [0.05, 0.1) is 0 Å². The Morgan fingerprint density at radius 2 is 1.68 bits per heavy atom. The molecule has 0 saturated carbocycles. The number of hydrogen-bond acceptors (Lipinski definition) is 6. The molecule has 1 saturated heterocycles. The van der Waals surface area contributed by atoms with E-state index in [1.807, 2.05) is 58.0 Å². The minimum Gasteiger partial charge on any atom is -0.459 e. The van der Waals surface area contributed by atoms with Crippen LogP contribution in [0.2, 0.25) is 0 Å². The van der Waals surface area contributed by atoms with Crippen molar-refractivity contribution >= 4 is 23.9 Å². The molecule has 0 radical (unpaired) electrons. The van der Waals surface area contributed by atoms with Crippen molar-refractivity contribution in [1.82, 2.24) is 15.5 Å². The number of rotatable bonds is 10. The van der Waals surface area contributed by atoms with Gasteiger partial charge in [0.1, 0.15) is 30.3 Å². The molecule has 0 spiro atoms. The molecule has 4 atom stereocenters. The summed E-state index contributed by atoms with van der Waals surface area (Å²) >= 11 is 0. The van der Waals surface area contributed by atoms with E-state index in [1.54, 1.807) is 20.8 Å². The Hall–Kier alpha value is -3.10. The number of carbonyl (C=O) groups excluding carboxylic acids is 4. The van der Waals surface area contributed by atoms with Gasteiger partial charge in [-0.1, -0.05) is 64.4 Å². The SMILES string of the molecule is CC[C@H](C)[C@H](NC(=O)[C@@H](NC(=O)[C@@H]1CCCN1C(=O)OC(C)(C)C)C(C)C)C(=O)OCc1ccccc1. The zero-order chi connectivity index (χ0) is 27.8. The Morgan fingerprint density at radius 1 is 1.03 bits per heavy atom. The standard InChI is InChI=1S/C28H43N3O6/c1-8-19(4)23(26(34)36-17-20-13-10-9-11-14-20)30-25(33)22(18(2)3)29-24(32)21-15-12-16-31(21)27(35)37-28(5,6)7/h9-11,13-14,18-19,21-23H,8,12,15-17H2,1-7H3,(H,29,32)(H,30,33)/t19-,21-,22-,23-/m0/s1. The molecule has 1 fully saturated rings. The van der Waals surface area contributed by atoms with Gasteiger partial charge < -0.3 is 20.1 Å². The highest BCUT2D eigenvalue weighted by molar-refractivity contribution is 5.93. The van der Waals surface area contributed by atoms with Crippen LogP contribution in [0.5, 0.6) is 0 Å². The van der Waals surface area contributed by atoms with Crippen LogP contribution < -0.4 is 10.6 Å². The molecular weight excluding hydrogens is 474 g/mol. The van der Waals surface area contributed by atoms with Gasteiger partial charge >= 0.3 is 12.1 Å². The summed E-state index contributed by atoms with van der Waals surface area (Å²) in [6.07, 6.45) is 1.25. The van der Waals surface area contributed by atoms with Gasteiger partial charge in [-0.3, -0.25) is 14.5 Å². The lowest BCUT2D eigenvalue weighted by Crippen LogP contribution is -2.58. The molecule has 0 unspecified atom stereocenters. The third-order valence-electron chi connectivity index (χ3n) is 6.42. The highest BCUT2D eigenvalue weighted by atomic mass is 16.6. The van der Waals surface area contributed by atoms with Crippen LogP contribution in [-0.4, -0.2) is 59.0 Å². The normalized spacial score (nSPS) is 18.1. The first-order chi connectivity index (χ1) is 17.3. The predicted molar refractivity (Wildman–Crippen MR) is 140 cm³/mol. The molecule has 1 heterocycles. The fourth-order valence-corrected chi connectivity index (χ4v) is 4.09. The quantitative estimate of drug-likeness (QED) is 0.457. The maximum absolute atomic E-state index is 13.3. The molecule has 206 valence electrons. The smallest absolute Gasteiger partial charge is 0.410 e. The average Bonchev–Trinajstić information content (AvgIpc) is 3.33. The highest BCUT2D eigenvalue weighted by Gasteiger charge is 2.39. The van der Waals surface area contributed by atoms with Gasteiger partial charge in [-0.15, -0.1) is 0 Å². The second-order valence-electron chi connectivity index (χ2n) is 11.0. The first-order valence-corrected chi connectivity index (χ1v) is 13.1. The number of benzene rings is 1. The van der Waals surface area contributed by atoms with Crippen LogP contribution in [0.25, 0.3) is 0 Å². The fraction of sp³-hybridized carbons (Fsp3) is 0.643.